The van der Waals surface area contributed by atoms with Crippen molar-refractivity contribution in [2.45, 2.75) is 19.4 Å². The van der Waals surface area contributed by atoms with E-state index < -0.39 is 0 Å². The van der Waals surface area contributed by atoms with Gasteiger partial charge in [-0.3, -0.25) is 4.79 Å². The van der Waals surface area contributed by atoms with E-state index >= 15 is 0 Å². The molecule has 1 aromatic rings. The third-order valence-corrected chi connectivity index (χ3v) is 2.59. The lowest BCUT2D eigenvalue weighted by Gasteiger charge is -2.10. The molecule has 88 valence electrons. The van der Waals surface area contributed by atoms with Gasteiger partial charge < -0.3 is 11.1 Å². The fraction of sp³-hybridized carbons (Fsp3) is 0.300. The van der Waals surface area contributed by atoms with Crippen molar-refractivity contribution in [1.82, 2.24) is 0 Å². The predicted octanol–water partition coefficient (Wildman–Crippen LogP) is 3.32. The molecular formula is C10H11Cl3N2O. The fourth-order valence-corrected chi connectivity index (χ4v) is 2.06. The Labute approximate surface area is 109 Å². The van der Waals surface area contributed by atoms with E-state index in [1.165, 1.54) is 12.1 Å². The number of benzene rings is 1. The molecule has 0 saturated heterocycles. The molecule has 6 heteroatoms. The van der Waals surface area contributed by atoms with Crippen LogP contribution in [-0.4, -0.2) is 11.9 Å². The van der Waals surface area contributed by atoms with Crippen LogP contribution in [0.1, 0.15) is 13.3 Å². The molecule has 3 nitrogen and oxygen atoms in total. The van der Waals surface area contributed by atoms with Crippen molar-refractivity contribution in [3.05, 3.63) is 27.2 Å². The van der Waals surface area contributed by atoms with Crippen LogP contribution in [0.3, 0.4) is 0 Å². The Morgan fingerprint density at radius 2 is 1.88 bits per heavy atom. The predicted molar refractivity (Wildman–Crippen MR) is 68.4 cm³/mol. The molecule has 0 aliphatic carbocycles. The Hall–Kier alpha value is -0.480. The summed E-state index contributed by atoms with van der Waals surface area (Å²) in [5.74, 6) is -0.235. The Balaban J connectivity index is 2.85. The van der Waals surface area contributed by atoms with E-state index in [1.54, 1.807) is 6.92 Å². The van der Waals surface area contributed by atoms with Crippen LogP contribution < -0.4 is 11.1 Å². The highest BCUT2D eigenvalue weighted by molar-refractivity contribution is 6.42. The van der Waals surface area contributed by atoms with E-state index in [-0.39, 0.29) is 18.4 Å². The molecule has 1 atom stereocenters. The van der Waals surface area contributed by atoms with Gasteiger partial charge in [0, 0.05) is 17.5 Å². The van der Waals surface area contributed by atoms with Crippen molar-refractivity contribution in [1.29, 1.82) is 0 Å². The number of carbonyl (C=O) groups excluding carboxylic acids is 1. The summed E-state index contributed by atoms with van der Waals surface area (Å²) < 4.78 is 0. The van der Waals surface area contributed by atoms with Crippen molar-refractivity contribution in [3.8, 4) is 0 Å². The van der Waals surface area contributed by atoms with Gasteiger partial charge in [0.15, 0.2) is 0 Å². The molecule has 0 aliphatic heterocycles. The molecule has 16 heavy (non-hydrogen) atoms. The first kappa shape index (κ1) is 13.6. The largest absolute Gasteiger partial charge is 0.327 e. The number of rotatable bonds is 3. The van der Waals surface area contributed by atoms with Gasteiger partial charge in [0.05, 0.1) is 15.7 Å². The summed E-state index contributed by atoms with van der Waals surface area (Å²) in [4.78, 5) is 11.5. The molecule has 0 saturated carbocycles. The molecule has 1 rings (SSSR count). The summed E-state index contributed by atoms with van der Waals surface area (Å²) in [6, 6.07) is 2.80. The van der Waals surface area contributed by atoms with E-state index in [1.807, 2.05) is 0 Å². The zero-order chi connectivity index (χ0) is 12.3. The van der Waals surface area contributed by atoms with Crippen LogP contribution in [0.25, 0.3) is 0 Å². The Morgan fingerprint density at radius 3 is 2.31 bits per heavy atom. The van der Waals surface area contributed by atoms with E-state index in [4.69, 9.17) is 40.5 Å². The molecule has 0 bridgehead atoms. The highest BCUT2D eigenvalue weighted by atomic mass is 35.5. The standard InChI is InChI=1S/C10H11Cl3N2O/c1-5(14)2-9(16)15-10-7(12)3-6(11)4-8(10)13/h3-5H,2,14H2,1H3,(H,15,16). The smallest absolute Gasteiger partial charge is 0.225 e. The number of hydrogen-bond donors (Lipinski definition) is 2. The minimum absolute atomic E-state index is 0.204. The average Bonchev–Trinajstić information content (AvgIpc) is 2.09. The maximum Gasteiger partial charge on any atom is 0.225 e. The van der Waals surface area contributed by atoms with Crippen LogP contribution in [0, 0.1) is 0 Å². The minimum atomic E-state index is -0.235. The van der Waals surface area contributed by atoms with Crippen LogP contribution in [0.4, 0.5) is 5.69 Å². The molecule has 0 aromatic heterocycles. The van der Waals surface area contributed by atoms with Gasteiger partial charge in [-0.1, -0.05) is 34.8 Å². The normalized spacial score (nSPS) is 12.3. The molecule has 0 fully saturated rings. The minimum Gasteiger partial charge on any atom is -0.327 e. The van der Waals surface area contributed by atoms with Crippen molar-refractivity contribution in [2.75, 3.05) is 5.32 Å². The highest BCUT2D eigenvalue weighted by Crippen LogP contribution is 2.33. The molecule has 0 heterocycles. The summed E-state index contributed by atoms with van der Waals surface area (Å²) in [5, 5.41) is 3.62. The molecule has 0 aliphatic rings. The number of hydrogen-bond acceptors (Lipinski definition) is 2. The molecule has 1 unspecified atom stereocenters. The van der Waals surface area contributed by atoms with Crippen LogP contribution in [0.5, 0.6) is 0 Å². The molecule has 1 aromatic carbocycles. The number of nitrogens with two attached hydrogens (primary N) is 1. The second-order valence-corrected chi connectivity index (χ2v) is 4.72. The zero-order valence-electron chi connectivity index (χ0n) is 8.56. The summed E-state index contributed by atoms with van der Waals surface area (Å²) in [7, 11) is 0. The summed E-state index contributed by atoms with van der Waals surface area (Å²) in [6.07, 6.45) is 0.204. The number of nitrogens with one attached hydrogen (secondary N) is 1. The maximum absolute atomic E-state index is 11.5. The number of halogens is 3. The Kier molecular flexibility index (Phi) is 4.87. The van der Waals surface area contributed by atoms with Gasteiger partial charge in [0.25, 0.3) is 0 Å². The SMILES string of the molecule is CC(N)CC(=O)Nc1c(Cl)cc(Cl)cc1Cl. The van der Waals surface area contributed by atoms with Crippen molar-refractivity contribution in [3.63, 3.8) is 0 Å². The second-order valence-electron chi connectivity index (χ2n) is 3.47. The van der Waals surface area contributed by atoms with Crippen LogP contribution in [0.2, 0.25) is 15.1 Å². The molecule has 0 radical (unpaired) electrons. The monoisotopic (exact) mass is 280 g/mol. The first-order valence-corrected chi connectivity index (χ1v) is 5.73. The van der Waals surface area contributed by atoms with Crippen molar-refractivity contribution >= 4 is 46.4 Å². The molecule has 3 N–H and O–H groups in total. The Morgan fingerprint density at radius 1 is 1.38 bits per heavy atom. The summed E-state index contributed by atoms with van der Waals surface area (Å²) in [5.41, 5.74) is 5.86. The first-order valence-electron chi connectivity index (χ1n) is 4.60. The van der Waals surface area contributed by atoms with Gasteiger partial charge in [0.1, 0.15) is 0 Å². The van der Waals surface area contributed by atoms with E-state index in [0.717, 1.165) is 0 Å². The van der Waals surface area contributed by atoms with Gasteiger partial charge in [-0.15, -0.1) is 0 Å². The zero-order valence-corrected chi connectivity index (χ0v) is 10.8. The molecule has 1 amide bonds. The number of carbonyl (C=O) groups is 1. The van der Waals surface area contributed by atoms with Gasteiger partial charge in [-0.25, -0.2) is 0 Å². The van der Waals surface area contributed by atoms with E-state index in [0.29, 0.717) is 20.8 Å². The highest BCUT2D eigenvalue weighted by Gasteiger charge is 2.12. The van der Waals surface area contributed by atoms with Crippen molar-refractivity contribution < 1.29 is 4.79 Å². The first-order chi connectivity index (χ1) is 7.40. The lowest BCUT2D eigenvalue weighted by atomic mass is 10.2. The van der Waals surface area contributed by atoms with E-state index in [2.05, 4.69) is 5.32 Å². The fourth-order valence-electron chi connectivity index (χ4n) is 1.14. The van der Waals surface area contributed by atoms with Crippen LogP contribution in [0.15, 0.2) is 12.1 Å². The summed E-state index contributed by atoms with van der Waals surface area (Å²) >= 11 is 17.5. The van der Waals surface area contributed by atoms with Gasteiger partial charge in [-0.2, -0.15) is 0 Å². The van der Waals surface area contributed by atoms with Gasteiger partial charge in [-0.05, 0) is 19.1 Å². The quantitative estimate of drug-likeness (QED) is 0.893. The number of amides is 1. The lowest BCUT2D eigenvalue weighted by molar-refractivity contribution is -0.116. The second kappa shape index (κ2) is 5.73. The Bertz CT molecular complexity index is 384. The molecular weight excluding hydrogens is 270 g/mol. The third-order valence-electron chi connectivity index (χ3n) is 1.78. The average molecular weight is 282 g/mol. The summed E-state index contributed by atoms with van der Waals surface area (Å²) in [6.45, 7) is 1.74. The van der Waals surface area contributed by atoms with Crippen LogP contribution >= 0.6 is 34.8 Å². The third kappa shape index (κ3) is 3.83. The van der Waals surface area contributed by atoms with Gasteiger partial charge in [0.2, 0.25) is 5.91 Å². The van der Waals surface area contributed by atoms with Gasteiger partial charge >= 0.3 is 0 Å². The van der Waals surface area contributed by atoms with E-state index in [9.17, 15) is 4.79 Å². The number of anilines is 1. The maximum atomic E-state index is 11.5. The lowest BCUT2D eigenvalue weighted by Crippen LogP contribution is -2.24. The van der Waals surface area contributed by atoms with Crippen molar-refractivity contribution in [2.24, 2.45) is 5.73 Å². The molecule has 0 spiro atoms. The topological polar surface area (TPSA) is 55.1 Å². The van der Waals surface area contributed by atoms with Crippen LogP contribution in [-0.2, 0) is 4.79 Å².